The van der Waals surface area contributed by atoms with Crippen molar-refractivity contribution in [2.75, 3.05) is 13.2 Å². The van der Waals surface area contributed by atoms with E-state index in [9.17, 15) is 4.79 Å². The van der Waals surface area contributed by atoms with Crippen LogP contribution in [0.1, 0.15) is 43.0 Å². The standard InChI is InChI=1S/C14H18Br2O2S/c1-9-3-2-4-10(5-9)7-18-8-12(17)11-6-13(15)19-14(11)16/h6,9-10H,2-5,7-8H2,1H3. The number of carbonyl (C=O) groups is 1. The second kappa shape index (κ2) is 7.34. The zero-order valence-electron chi connectivity index (χ0n) is 11.0. The van der Waals surface area contributed by atoms with E-state index in [0.29, 0.717) is 11.5 Å². The van der Waals surface area contributed by atoms with E-state index >= 15 is 0 Å². The Hall–Kier alpha value is 0.290. The van der Waals surface area contributed by atoms with E-state index in [2.05, 4.69) is 38.8 Å². The van der Waals surface area contributed by atoms with Crippen LogP contribution in [0, 0.1) is 11.8 Å². The highest BCUT2D eigenvalue weighted by molar-refractivity contribution is 9.12. The summed E-state index contributed by atoms with van der Waals surface area (Å²) in [7, 11) is 0. The molecule has 2 nitrogen and oxygen atoms in total. The Morgan fingerprint density at radius 2 is 2.26 bits per heavy atom. The summed E-state index contributed by atoms with van der Waals surface area (Å²) in [5, 5.41) is 0. The zero-order chi connectivity index (χ0) is 13.8. The number of ether oxygens (including phenoxy) is 1. The summed E-state index contributed by atoms with van der Waals surface area (Å²) < 4.78 is 7.46. The normalized spacial score (nSPS) is 23.5. The quantitative estimate of drug-likeness (QED) is 0.616. The largest absolute Gasteiger partial charge is 0.373 e. The van der Waals surface area contributed by atoms with Crippen LogP contribution in [0.25, 0.3) is 0 Å². The number of halogens is 2. The van der Waals surface area contributed by atoms with Gasteiger partial charge in [0.1, 0.15) is 6.61 Å². The topological polar surface area (TPSA) is 26.3 Å². The highest BCUT2D eigenvalue weighted by Gasteiger charge is 2.20. The van der Waals surface area contributed by atoms with Gasteiger partial charge in [0, 0.05) is 5.56 Å². The van der Waals surface area contributed by atoms with Crippen LogP contribution in [0.3, 0.4) is 0 Å². The van der Waals surface area contributed by atoms with Crippen molar-refractivity contribution < 1.29 is 9.53 Å². The van der Waals surface area contributed by atoms with Gasteiger partial charge in [0.05, 0.1) is 14.2 Å². The first-order chi connectivity index (χ1) is 9.06. The maximum absolute atomic E-state index is 12.0. The van der Waals surface area contributed by atoms with E-state index in [-0.39, 0.29) is 12.4 Å². The SMILES string of the molecule is CC1CCCC(COCC(=O)c2cc(Br)sc2Br)C1. The van der Waals surface area contributed by atoms with E-state index in [1.54, 1.807) is 0 Å². The predicted molar refractivity (Wildman–Crippen MR) is 86.0 cm³/mol. The number of Topliss-reactive ketones (excluding diaryl/α,β-unsaturated/α-hetero) is 1. The van der Waals surface area contributed by atoms with Crippen molar-refractivity contribution in [3.05, 3.63) is 19.2 Å². The molecule has 1 aromatic heterocycles. The third-order valence-electron chi connectivity index (χ3n) is 3.59. The van der Waals surface area contributed by atoms with Crippen LogP contribution in [-0.4, -0.2) is 19.0 Å². The molecule has 5 heteroatoms. The van der Waals surface area contributed by atoms with E-state index < -0.39 is 0 Å². The predicted octanol–water partition coefficient (Wildman–Crippen LogP) is 5.30. The van der Waals surface area contributed by atoms with Gasteiger partial charge in [-0.15, -0.1) is 11.3 Å². The minimum atomic E-state index is 0.0534. The highest BCUT2D eigenvalue weighted by atomic mass is 79.9. The molecule has 2 unspecified atom stereocenters. The smallest absolute Gasteiger partial charge is 0.190 e. The number of ketones is 1. The molecular formula is C14H18Br2O2S. The fourth-order valence-electron chi connectivity index (χ4n) is 2.64. The molecule has 0 aliphatic heterocycles. The van der Waals surface area contributed by atoms with Crippen molar-refractivity contribution in [1.29, 1.82) is 0 Å². The number of hydrogen-bond donors (Lipinski definition) is 0. The van der Waals surface area contributed by atoms with Crippen molar-refractivity contribution in [1.82, 2.24) is 0 Å². The number of hydrogen-bond acceptors (Lipinski definition) is 3. The van der Waals surface area contributed by atoms with Crippen molar-refractivity contribution in [3.63, 3.8) is 0 Å². The van der Waals surface area contributed by atoms with Crippen LogP contribution in [0.5, 0.6) is 0 Å². The molecule has 1 heterocycles. The molecule has 106 valence electrons. The average Bonchev–Trinajstić information content (AvgIpc) is 2.68. The molecule has 0 aromatic carbocycles. The second-order valence-corrected chi connectivity index (χ2v) is 9.06. The van der Waals surface area contributed by atoms with Crippen LogP contribution in [0.15, 0.2) is 13.6 Å². The minimum absolute atomic E-state index is 0.0534. The fourth-order valence-corrected chi connectivity index (χ4v) is 5.49. The molecular weight excluding hydrogens is 392 g/mol. The van der Waals surface area contributed by atoms with E-state index in [4.69, 9.17) is 4.74 Å². The lowest BCUT2D eigenvalue weighted by Gasteiger charge is -2.26. The van der Waals surface area contributed by atoms with Crippen LogP contribution in [0.4, 0.5) is 0 Å². The Balaban J connectivity index is 1.76. The van der Waals surface area contributed by atoms with Gasteiger partial charge in [0.2, 0.25) is 0 Å². The lowest BCUT2D eigenvalue weighted by atomic mass is 9.83. The van der Waals surface area contributed by atoms with Gasteiger partial charge in [0.25, 0.3) is 0 Å². The van der Waals surface area contributed by atoms with Crippen molar-refractivity contribution in [2.45, 2.75) is 32.6 Å². The molecule has 0 amide bonds. The molecule has 0 saturated heterocycles. The molecule has 19 heavy (non-hydrogen) atoms. The Kier molecular flexibility index (Phi) is 6.06. The van der Waals surface area contributed by atoms with Gasteiger partial charge >= 0.3 is 0 Å². The summed E-state index contributed by atoms with van der Waals surface area (Å²) in [6.07, 6.45) is 5.12. The lowest BCUT2D eigenvalue weighted by Crippen LogP contribution is -2.20. The molecule has 1 aromatic rings. The Labute approximate surface area is 135 Å². The van der Waals surface area contributed by atoms with Crippen LogP contribution in [-0.2, 0) is 4.74 Å². The summed E-state index contributed by atoms with van der Waals surface area (Å²) in [6, 6.07) is 1.85. The van der Waals surface area contributed by atoms with E-state index in [1.807, 2.05) is 6.07 Å². The van der Waals surface area contributed by atoms with Crippen LogP contribution in [0.2, 0.25) is 0 Å². The lowest BCUT2D eigenvalue weighted by molar-refractivity contribution is 0.0594. The minimum Gasteiger partial charge on any atom is -0.373 e. The Bertz CT molecular complexity index is 445. The van der Waals surface area contributed by atoms with Crippen molar-refractivity contribution >= 4 is 49.0 Å². The molecule has 1 saturated carbocycles. The van der Waals surface area contributed by atoms with Gasteiger partial charge in [0.15, 0.2) is 5.78 Å². The number of rotatable bonds is 5. The highest BCUT2D eigenvalue weighted by Crippen LogP contribution is 2.32. The summed E-state index contributed by atoms with van der Waals surface area (Å²) >= 11 is 8.31. The molecule has 0 N–H and O–H groups in total. The summed E-state index contributed by atoms with van der Waals surface area (Å²) in [5.74, 6) is 1.49. The molecule has 1 fully saturated rings. The maximum Gasteiger partial charge on any atom is 0.190 e. The van der Waals surface area contributed by atoms with E-state index in [0.717, 1.165) is 20.1 Å². The van der Waals surface area contributed by atoms with Crippen molar-refractivity contribution in [3.8, 4) is 0 Å². The zero-order valence-corrected chi connectivity index (χ0v) is 14.9. The molecule has 0 radical (unpaired) electrons. The molecule has 1 aliphatic rings. The van der Waals surface area contributed by atoms with Gasteiger partial charge in [-0.2, -0.15) is 0 Å². The van der Waals surface area contributed by atoms with E-state index in [1.165, 1.54) is 37.0 Å². The van der Waals surface area contributed by atoms with Crippen LogP contribution < -0.4 is 0 Å². The Morgan fingerprint density at radius 1 is 1.47 bits per heavy atom. The second-order valence-electron chi connectivity index (χ2n) is 5.31. The third-order valence-corrected chi connectivity index (χ3v) is 5.93. The molecule has 1 aliphatic carbocycles. The average molecular weight is 410 g/mol. The number of thiophene rings is 1. The molecule has 0 bridgehead atoms. The summed E-state index contributed by atoms with van der Waals surface area (Å²) in [6.45, 7) is 3.21. The van der Waals surface area contributed by atoms with Gasteiger partial charge in [-0.25, -0.2) is 0 Å². The van der Waals surface area contributed by atoms with Gasteiger partial charge in [-0.05, 0) is 62.6 Å². The molecule has 0 spiro atoms. The number of carbonyl (C=O) groups excluding carboxylic acids is 1. The summed E-state index contributed by atoms with van der Waals surface area (Å²) in [5.41, 5.74) is 0.717. The fraction of sp³-hybridized carbons (Fsp3) is 0.643. The van der Waals surface area contributed by atoms with Gasteiger partial charge in [-0.1, -0.05) is 19.8 Å². The Morgan fingerprint density at radius 3 is 2.89 bits per heavy atom. The van der Waals surface area contributed by atoms with Gasteiger partial charge in [-0.3, -0.25) is 4.79 Å². The van der Waals surface area contributed by atoms with Crippen molar-refractivity contribution in [2.24, 2.45) is 11.8 Å². The van der Waals surface area contributed by atoms with Crippen LogP contribution >= 0.6 is 43.2 Å². The first-order valence-electron chi connectivity index (χ1n) is 6.62. The molecule has 2 rings (SSSR count). The maximum atomic E-state index is 12.0. The molecule has 2 atom stereocenters. The third kappa shape index (κ3) is 4.66. The first-order valence-corrected chi connectivity index (χ1v) is 9.02. The summed E-state index contributed by atoms with van der Waals surface area (Å²) in [4.78, 5) is 12.0. The first kappa shape index (κ1) is 15.7. The van der Waals surface area contributed by atoms with Gasteiger partial charge < -0.3 is 4.74 Å². The monoisotopic (exact) mass is 408 g/mol.